The predicted molar refractivity (Wildman–Crippen MR) is 68.8 cm³/mol. The summed E-state index contributed by atoms with van der Waals surface area (Å²) in [5.41, 5.74) is 0. The average Bonchev–Trinajstić information content (AvgIpc) is 2.33. The van der Waals surface area contributed by atoms with Gasteiger partial charge in [-0.15, -0.1) is 0 Å². The Kier molecular flexibility index (Phi) is 6.05. The summed E-state index contributed by atoms with van der Waals surface area (Å²) in [7, 11) is 0. The van der Waals surface area contributed by atoms with Crippen molar-refractivity contribution in [3.8, 4) is 5.75 Å². The molecule has 1 aromatic carbocycles. The Hall–Kier alpha value is -1.16. The van der Waals surface area contributed by atoms with E-state index in [9.17, 15) is 8.78 Å². The van der Waals surface area contributed by atoms with Gasteiger partial charge in [0.15, 0.2) is 11.6 Å². The minimum atomic E-state index is -0.533. The fraction of sp³-hybridized carbons (Fsp3) is 0.571. The summed E-state index contributed by atoms with van der Waals surface area (Å²) in [5, 5.41) is 3.33. The van der Waals surface area contributed by atoms with Gasteiger partial charge in [0.2, 0.25) is 0 Å². The van der Waals surface area contributed by atoms with Crippen LogP contribution in [-0.2, 0) is 0 Å². The van der Waals surface area contributed by atoms with Crippen LogP contribution in [0.5, 0.6) is 5.75 Å². The van der Waals surface area contributed by atoms with Gasteiger partial charge >= 0.3 is 0 Å². The van der Waals surface area contributed by atoms with Crippen LogP contribution in [0.15, 0.2) is 18.2 Å². The number of benzene rings is 1. The van der Waals surface area contributed by atoms with Crippen LogP contribution < -0.4 is 10.1 Å². The van der Waals surface area contributed by atoms with E-state index in [0.29, 0.717) is 12.5 Å². The molecule has 1 N–H and O–H groups in total. The Morgan fingerprint density at radius 3 is 2.61 bits per heavy atom. The smallest absolute Gasteiger partial charge is 0.165 e. The lowest BCUT2D eigenvalue weighted by Gasteiger charge is -2.22. The van der Waals surface area contributed by atoms with Crippen LogP contribution in [0.3, 0.4) is 0 Å². The maximum Gasteiger partial charge on any atom is 0.165 e. The van der Waals surface area contributed by atoms with Crippen molar-refractivity contribution in [3.63, 3.8) is 0 Å². The van der Waals surface area contributed by atoms with E-state index in [2.05, 4.69) is 26.1 Å². The highest BCUT2D eigenvalue weighted by atomic mass is 19.1. The average molecular weight is 257 g/mol. The minimum Gasteiger partial charge on any atom is -0.489 e. The molecule has 0 fully saturated rings. The zero-order valence-corrected chi connectivity index (χ0v) is 11.2. The maximum atomic E-state index is 13.4. The van der Waals surface area contributed by atoms with E-state index in [0.717, 1.165) is 31.2 Å². The van der Waals surface area contributed by atoms with Crippen molar-refractivity contribution in [2.75, 3.05) is 13.2 Å². The fourth-order valence-electron chi connectivity index (χ4n) is 1.58. The molecule has 0 bridgehead atoms. The van der Waals surface area contributed by atoms with E-state index in [1.807, 2.05) is 0 Å². The zero-order chi connectivity index (χ0) is 13.5. The Morgan fingerprint density at radius 2 is 2.00 bits per heavy atom. The standard InChI is InChI=1S/C14H21F2NO/c1-4-7-17-13(10(2)3)9-18-14-8-11(15)5-6-12(14)16/h5-6,8,10,13,17H,4,7,9H2,1-3H3. The summed E-state index contributed by atoms with van der Waals surface area (Å²) < 4.78 is 31.7. The second-order valence-corrected chi connectivity index (χ2v) is 4.69. The molecule has 0 aliphatic rings. The molecule has 0 amide bonds. The lowest BCUT2D eigenvalue weighted by molar-refractivity contribution is 0.222. The second-order valence-electron chi connectivity index (χ2n) is 4.69. The molecule has 4 heteroatoms. The summed E-state index contributed by atoms with van der Waals surface area (Å²) in [6.07, 6.45) is 1.03. The Labute approximate surface area is 107 Å². The van der Waals surface area contributed by atoms with E-state index < -0.39 is 11.6 Å². The molecule has 18 heavy (non-hydrogen) atoms. The first-order valence-corrected chi connectivity index (χ1v) is 6.35. The summed E-state index contributed by atoms with van der Waals surface area (Å²) in [4.78, 5) is 0. The molecule has 0 radical (unpaired) electrons. The molecule has 1 atom stereocenters. The molecule has 0 aliphatic heterocycles. The summed E-state index contributed by atoms with van der Waals surface area (Å²) >= 11 is 0. The van der Waals surface area contributed by atoms with Crippen LogP contribution in [0.2, 0.25) is 0 Å². The van der Waals surface area contributed by atoms with Crippen LogP contribution in [0.25, 0.3) is 0 Å². The topological polar surface area (TPSA) is 21.3 Å². The van der Waals surface area contributed by atoms with Gasteiger partial charge < -0.3 is 10.1 Å². The van der Waals surface area contributed by atoms with E-state index >= 15 is 0 Å². The molecule has 2 nitrogen and oxygen atoms in total. The SMILES string of the molecule is CCCNC(COc1cc(F)ccc1F)C(C)C. The van der Waals surface area contributed by atoms with Crippen molar-refractivity contribution in [3.05, 3.63) is 29.8 Å². The van der Waals surface area contributed by atoms with Gasteiger partial charge in [0.05, 0.1) is 0 Å². The first kappa shape index (κ1) is 14.9. The van der Waals surface area contributed by atoms with E-state index in [-0.39, 0.29) is 11.8 Å². The third-order valence-corrected chi connectivity index (χ3v) is 2.77. The van der Waals surface area contributed by atoms with Gasteiger partial charge in [0, 0.05) is 12.1 Å². The summed E-state index contributed by atoms with van der Waals surface area (Å²) in [6.45, 7) is 7.44. The van der Waals surface area contributed by atoms with Crippen molar-refractivity contribution in [1.82, 2.24) is 5.32 Å². The summed E-state index contributed by atoms with van der Waals surface area (Å²) in [5.74, 6) is -0.685. The van der Waals surface area contributed by atoms with Gasteiger partial charge in [-0.05, 0) is 31.0 Å². The largest absolute Gasteiger partial charge is 0.489 e. The van der Waals surface area contributed by atoms with Gasteiger partial charge in [-0.3, -0.25) is 0 Å². The third kappa shape index (κ3) is 4.61. The molecule has 1 unspecified atom stereocenters. The van der Waals surface area contributed by atoms with Gasteiger partial charge in [0.25, 0.3) is 0 Å². The van der Waals surface area contributed by atoms with Gasteiger partial charge in [-0.25, -0.2) is 8.78 Å². The Bertz CT molecular complexity index is 369. The molecule has 1 rings (SSSR count). The maximum absolute atomic E-state index is 13.4. The summed E-state index contributed by atoms with van der Waals surface area (Å²) in [6, 6.07) is 3.37. The number of hydrogen-bond donors (Lipinski definition) is 1. The number of rotatable bonds is 7. The van der Waals surface area contributed by atoms with Gasteiger partial charge in [0.1, 0.15) is 12.4 Å². The first-order valence-electron chi connectivity index (χ1n) is 6.35. The number of halogens is 2. The molecule has 0 heterocycles. The van der Waals surface area contributed by atoms with Crippen molar-refractivity contribution < 1.29 is 13.5 Å². The van der Waals surface area contributed by atoms with Crippen LogP contribution in [0.1, 0.15) is 27.2 Å². The molecule has 102 valence electrons. The van der Waals surface area contributed by atoms with Gasteiger partial charge in [-0.1, -0.05) is 20.8 Å². The van der Waals surface area contributed by atoms with Crippen molar-refractivity contribution >= 4 is 0 Å². The lowest BCUT2D eigenvalue weighted by atomic mass is 10.1. The predicted octanol–water partition coefficient (Wildman–Crippen LogP) is 3.37. The quantitative estimate of drug-likeness (QED) is 0.808. The van der Waals surface area contributed by atoms with Crippen LogP contribution in [-0.4, -0.2) is 19.2 Å². The van der Waals surface area contributed by atoms with E-state index in [1.54, 1.807) is 0 Å². The molecule has 0 saturated carbocycles. The third-order valence-electron chi connectivity index (χ3n) is 2.77. The van der Waals surface area contributed by atoms with Crippen molar-refractivity contribution in [1.29, 1.82) is 0 Å². The molecule has 0 aromatic heterocycles. The van der Waals surface area contributed by atoms with Crippen molar-refractivity contribution in [2.45, 2.75) is 33.2 Å². The molecule has 0 spiro atoms. The highest BCUT2D eigenvalue weighted by Gasteiger charge is 2.14. The monoisotopic (exact) mass is 257 g/mol. The molecular formula is C14H21F2NO. The Balaban J connectivity index is 2.58. The molecule has 0 saturated heterocycles. The normalized spacial score (nSPS) is 12.8. The van der Waals surface area contributed by atoms with Crippen LogP contribution >= 0.6 is 0 Å². The van der Waals surface area contributed by atoms with Crippen LogP contribution in [0, 0.1) is 17.6 Å². The highest BCUT2D eigenvalue weighted by molar-refractivity contribution is 5.24. The van der Waals surface area contributed by atoms with E-state index in [1.165, 1.54) is 0 Å². The van der Waals surface area contributed by atoms with Crippen LogP contribution in [0.4, 0.5) is 8.78 Å². The fourth-order valence-corrected chi connectivity index (χ4v) is 1.58. The zero-order valence-electron chi connectivity index (χ0n) is 11.2. The van der Waals surface area contributed by atoms with Gasteiger partial charge in [-0.2, -0.15) is 0 Å². The minimum absolute atomic E-state index is 0.0288. The number of ether oxygens (including phenoxy) is 1. The second kappa shape index (κ2) is 7.31. The number of nitrogens with one attached hydrogen (secondary N) is 1. The number of hydrogen-bond acceptors (Lipinski definition) is 2. The molecular weight excluding hydrogens is 236 g/mol. The lowest BCUT2D eigenvalue weighted by Crippen LogP contribution is -2.39. The highest BCUT2D eigenvalue weighted by Crippen LogP contribution is 2.18. The molecule has 1 aromatic rings. The van der Waals surface area contributed by atoms with E-state index in [4.69, 9.17) is 4.74 Å². The van der Waals surface area contributed by atoms with Crippen molar-refractivity contribution in [2.24, 2.45) is 5.92 Å². The first-order chi connectivity index (χ1) is 8.54. The Morgan fingerprint density at radius 1 is 1.28 bits per heavy atom. The molecule has 0 aliphatic carbocycles.